The van der Waals surface area contributed by atoms with Crippen LogP contribution in [0.3, 0.4) is 0 Å². The highest BCUT2D eigenvalue weighted by Crippen LogP contribution is 2.30. The third kappa shape index (κ3) is 4.28. The van der Waals surface area contributed by atoms with Gasteiger partial charge in [0.05, 0.1) is 31.5 Å². The number of morpholine rings is 1. The molecule has 0 bridgehead atoms. The van der Waals surface area contributed by atoms with Crippen LogP contribution in [0.25, 0.3) is 0 Å². The second-order valence-corrected chi connectivity index (χ2v) is 6.63. The molecular weight excluding hydrogens is 306 g/mol. The summed E-state index contributed by atoms with van der Waals surface area (Å²) >= 11 is 0. The van der Waals surface area contributed by atoms with Gasteiger partial charge in [0.2, 0.25) is 5.91 Å². The molecule has 1 amide bonds. The molecule has 0 radical (unpaired) electrons. The van der Waals surface area contributed by atoms with E-state index in [1.807, 2.05) is 13.1 Å². The first-order valence-electron chi connectivity index (χ1n) is 8.73. The quantitative estimate of drug-likeness (QED) is 0.846. The monoisotopic (exact) mass is 333 g/mol. The highest BCUT2D eigenvalue weighted by Gasteiger charge is 2.26. The number of likely N-dealkylation sites (tertiary alicyclic amines) is 1. The van der Waals surface area contributed by atoms with Crippen molar-refractivity contribution in [3.05, 3.63) is 23.3 Å². The number of nitrogens with zero attached hydrogens (tertiary/aromatic N) is 4. The van der Waals surface area contributed by atoms with E-state index in [0.717, 1.165) is 43.1 Å². The molecule has 1 unspecified atom stereocenters. The lowest BCUT2D eigenvalue weighted by Gasteiger charge is -2.26. The summed E-state index contributed by atoms with van der Waals surface area (Å²) in [5.74, 6) is 0.830. The molecule has 0 aliphatic carbocycles. The second-order valence-electron chi connectivity index (χ2n) is 6.63. The molecule has 2 saturated heterocycles. The van der Waals surface area contributed by atoms with Crippen molar-refractivity contribution in [2.24, 2.45) is 0 Å². The van der Waals surface area contributed by atoms with E-state index in [0.29, 0.717) is 32.3 Å². The van der Waals surface area contributed by atoms with Crippen LogP contribution in [-0.4, -0.2) is 72.1 Å². The van der Waals surface area contributed by atoms with E-state index >= 15 is 0 Å². The van der Waals surface area contributed by atoms with Crippen molar-refractivity contribution in [3.63, 3.8) is 0 Å². The number of amides is 1. The lowest BCUT2D eigenvalue weighted by atomic mass is 10.1. The molecule has 132 valence electrons. The minimum atomic E-state index is 0.0446. The van der Waals surface area contributed by atoms with Crippen LogP contribution in [0.5, 0.6) is 0 Å². The predicted molar refractivity (Wildman–Crippen MR) is 90.5 cm³/mol. The molecule has 1 N–H and O–H groups in total. The number of hydrogen-bond acceptors (Lipinski definition) is 6. The molecule has 2 fully saturated rings. The molecule has 1 aromatic rings. The standard InChI is InChI=1S/C17H27N5O2/c1-13-18-10-14(17(20-13)15-4-3-5-21(15)2)11-19-16(23)12-22-6-8-24-9-7-22/h10,15H,3-9,11-12H2,1-2H3,(H,19,23). The third-order valence-corrected chi connectivity index (χ3v) is 4.80. The Morgan fingerprint density at radius 1 is 1.38 bits per heavy atom. The topological polar surface area (TPSA) is 70.6 Å². The van der Waals surface area contributed by atoms with Gasteiger partial charge in [-0.05, 0) is 33.4 Å². The Bertz CT molecular complexity index is 574. The van der Waals surface area contributed by atoms with Crippen molar-refractivity contribution in [1.82, 2.24) is 25.1 Å². The Labute approximate surface area is 143 Å². The summed E-state index contributed by atoms with van der Waals surface area (Å²) in [5.41, 5.74) is 2.09. The van der Waals surface area contributed by atoms with E-state index in [4.69, 9.17) is 4.74 Å². The lowest BCUT2D eigenvalue weighted by Crippen LogP contribution is -2.43. The molecule has 3 rings (SSSR count). The Balaban J connectivity index is 1.61. The van der Waals surface area contributed by atoms with Crippen molar-refractivity contribution < 1.29 is 9.53 Å². The van der Waals surface area contributed by atoms with E-state index in [9.17, 15) is 4.79 Å². The number of aryl methyl sites for hydroxylation is 1. The average molecular weight is 333 g/mol. The number of nitrogens with one attached hydrogen (secondary N) is 1. The Morgan fingerprint density at radius 3 is 2.88 bits per heavy atom. The van der Waals surface area contributed by atoms with Crippen LogP contribution in [0.2, 0.25) is 0 Å². The van der Waals surface area contributed by atoms with Crippen molar-refractivity contribution in [2.45, 2.75) is 32.4 Å². The molecule has 2 aliphatic heterocycles. The predicted octanol–water partition coefficient (Wildman–Crippen LogP) is 0.500. The van der Waals surface area contributed by atoms with Gasteiger partial charge in [-0.15, -0.1) is 0 Å². The van der Waals surface area contributed by atoms with Crippen LogP contribution in [0.4, 0.5) is 0 Å². The molecule has 0 aromatic carbocycles. The summed E-state index contributed by atoms with van der Waals surface area (Å²) in [6.45, 7) is 6.97. The van der Waals surface area contributed by atoms with Crippen LogP contribution in [0.1, 0.15) is 36.0 Å². The molecule has 7 nitrogen and oxygen atoms in total. The molecule has 1 aromatic heterocycles. The van der Waals surface area contributed by atoms with E-state index in [-0.39, 0.29) is 5.91 Å². The zero-order valence-electron chi connectivity index (χ0n) is 14.6. The number of ether oxygens (including phenoxy) is 1. The Kier molecular flexibility index (Phi) is 5.76. The van der Waals surface area contributed by atoms with Crippen LogP contribution in [0, 0.1) is 6.92 Å². The van der Waals surface area contributed by atoms with Crippen LogP contribution >= 0.6 is 0 Å². The summed E-state index contributed by atoms with van der Waals surface area (Å²) in [5, 5.41) is 3.02. The van der Waals surface area contributed by atoms with Crippen LogP contribution < -0.4 is 5.32 Å². The van der Waals surface area contributed by atoms with Gasteiger partial charge in [0, 0.05) is 31.4 Å². The van der Waals surface area contributed by atoms with E-state index in [2.05, 4.69) is 32.1 Å². The molecule has 0 saturated carbocycles. The first-order chi connectivity index (χ1) is 11.6. The van der Waals surface area contributed by atoms with Crippen molar-refractivity contribution >= 4 is 5.91 Å². The Hall–Kier alpha value is -1.57. The van der Waals surface area contributed by atoms with Gasteiger partial charge in [0.25, 0.3) is 0 Å². The van der Waals surface area contributed by atoms with Gasteiger partial charge in [-0.2, -0.15) is 0 Å². The summed E-state index contributed by atoms with van der Waals surface area (Å²) < 4.78 is 5.31. The summed E-state index contributed by atoms with van der Waals surface area (Å²) in [6, 6.07) is 0.331. The Morgan fingerprint density at radius 2 is 2.17 bits per heavy atom. The van der Waals surface area contributed by atoms with E-state index < -0.39 is 0 Å². The maximum absolute atomic E-state index is 12.2. The van der Waals surface area contributed by atoms with E-state index in [1.54, 1.807) is 0 Å². The van der Waals surface area contributed by atoms with Gasteiger partial charge in [0.15, 0.2) is 0 Å². The van der Waals surface area contributed by atoms with Gasteiger partial charge in [-0.25, -0.2) is 9.97 Å². The second kappa shape index (κ2) is 8.00. The summed E-state index contributed by atoms with van der Waals surface area (Å²) in [7, 11) is 2.13. The SMILES string of the molecule is Cc1ncc(CNC(=O)CN2CCOCC2)c(C2CCCN2C)n1. The van der Waals surface area contributed by atoms with Crippen LogP contribution in [0.15, 0.2) is 6.20 Å². The van der Waals surface area contributed by atoms with Crippen molar-refractivity contribution in [3.8, 4) is 0 Å². The maximum atomic E-state index is 12.2. The fourth-order valence-electron chi connectivity index (χ4n) is 3.40. The fraction of sp³-hybridized carbons (Fsp3) is 0.706. The number of carbonyl (C=O) groups is 1. The van der Waals surface area contributed by atoms with Gasteiger partial charge in [0.1, 0.15) is 5.82 Å². The first-order valence-corrected chi connectivity index (χ1v) is 8.73. The maximum Gasteiger partial charge on any atom is 0.234 e. The number of carbonyl (C=O) groups excluding carboxylic acids is 1. The first kappa shape index (κ1) is 17.3. The van der Waals surface area contributed by atoms with Crippen molar-refractivity contribution in [1.29, 1.82) is 0 Å². The minimum absolute atomic E-state index is 0.0446. The zero-order chi connectivity index (χ0) is 16.9. The largest absolute Gasteiger partial charge is 0.379 e. The molecular formula is C17H27N5O2. The highest BCUT2D eigenvalue weighted by atomic mass is 16.5. The molecule has 24 heavy (non-hydrogen) atoms. The number of hydrogen-bond donors (Lipinski definition) is 1. The molecule has 0 spiro atoms. The molecule has 7 heteroatoms. The lowest BCUT2D eigenvalue weighted by molar-refractivity contribution is -0.123. The molecule has 1 atom stereocenters. The van der Waals surface area contributed by atoms with Gasteiger partial charge in [-0.1, -0.05) is 0 Å². The highest BCUT2D eigenvalue weighted by molar-refractivity contribution is 5.78. The number of aromatic nitrogens is 2. The fourth-order valence-corrected chi connectivity index (χ4v) is 3.40. The van der Waals surface area contributed by atoms with Gasteiger partial charge in [-0.3, -0.25) is 14.6 Å². The summed E-state index contributed by atoms with van der Waals surface area (Å²) in [6.07, 6.45) is 4.16. The smallest absolute Gasteiger partial charge is 0.234 e. The van der Waals surface area contributed by atoms with Gasteiger partial charge < -0.3 is 10.1 Å². The number of rotatable bonds is 5. The van der Waals surface area contributed by atoms with Crippen molar-refractivity contribution in [2.75, 3.05) is 46.4 Å². The summed E-state index contributed by atoms with van der Waals surface area (Å²) in [4.78, 5) is 25.6. The zero-order valence-corrected chi connectivity index (χ0v) is 14.6. The van der Waals surface area contributed by atoms with E-state index in [1.165, 1.54) is 6.42 Å². The third-order valence-electron chi connectivity index (χ3n) is 4.80. The molecule has 3 heterocycles. The minimum Gasteiger partial charge on any atom is -0.379 e. The normalized spacial score (nSPS) is 22.7. The van der Waals surface area contributed by atoms with Crippen LogP contribution in [-0.2, 0) is 16.1 Å². The molecule has 2 aliphatic rings. The van der Waals surface area contributed by atoms with Gasteiger partial charge >= 0.3 is 0 Å². The average Bonchev–Trinajstić information content (AvgIpc) is 3.00.